The van der Waals surface area contributed by atoms with Crippen LogP contribution in [0, 0.1) is 0 Å². The van der Waals surface area contributed by atoms with Crippen molar-refractivity contribution in [3.8, 4) is 17.2 Å². The molecule has 1 N–H and O–H groups in total. The van der Waals surface area contributed by atoms with Gasteiger partial charge in [0, 0.05) is 11.9 Å². The Morgan fingerprint density at radius 3 is 2.37 bits per heavy atom. The first-order valence-electron chi connectivity index (χ1n) is 10.5. The van der Waals surface area contributed by atoms with Gasteiger partial charge in [-0.2, -0.15) is 0 Å². The van der Waals surface area contributed by atoms with Gasteiger partial charge in [0.1, 0.15) is 5.75 Å². The molecular formula is C25H29NO4. The average Bonchev–Trinajstić information content (AvgIpc) is 2.77. The number of fused-ring (bicyclic) bond motifs is 1. The third-order valence-corrected chi connectivity index (χ3v) is 4.76. The summed E-state index contributed by atoms with van der Waals surface area (Å²) in [6, 6.07) is 19.6. The largest absolute Gasteiger partial charge is 0.490 e. The van der Waals surface area contributed by atoms with E-state index in [9.17, 15) is 4.79 Å². The molecule has 0 aliphatic rings. The highest BCUT2D eigenvalue weighted by Crippen LogP contribution is 2.29. The minimum Gasteiger partial charge on any atom is -0.490 e. The summed E-state index contributed by atoms with van der Waals surface area (Å²) in [6.07, 6.45) is 0.00701. The second kappa shape index (κ2) is 10.5. The highest BCUT2D eigenvalue weighted by molar-refractivity contribution is 5.89. The fourth-order valence-electron chi connectivity index (χ4n) is 3.28. The molecule has 0 fully saturated rings. The first kappa shape index (κ1) is 21.5. The van der Waals surface area contributed by atoms with Gasteiger partial charge in [0.25, 0.3) is 5.91 Å². The van der Waals surface area contributed by atoms with Crippen LogP contribution in [0.3, 0.4) is 0 Å². The third-order valence-electron chi connectivity index (χ3n) is 4.76. The maximum absolute atomic E-state index is 12.8. The molecule has 1 amide bonds. The molecule has 0 heterocycles. The molecule has 158 valence electrons. The van der Waals surface area contributed by atoms with E-state index in [1.54, 1.807) is 0 Å². The van der Waals surface area contributed by atoms with Gasteiger partial charge in [-0.1, -0.05) is 49.4 Å². The van der Waals surface area contributed by atoms with Gasteiger partial charge in [-0.15, -0.1) is 0 Å². The summed E-state index contributed by atoms with van der Waals surface area (Å²) in [4.78, 5) is 12.8. The molecule has 5 nitrogen and oxygen atoms in total. The third kappa shape index (κ3) is 5.23. The number of hydrogen-bond donors (Lipinski definition) is 1. The van der Waals surface area contributed by atoms with Crippen LogP contribution in [0.4, 0.5) is 0 Å². The summed E-state index contributed by atoms with van der Waals surface area (Å²) in [5.41, 5.74) is 0.940. The van der Waals surface area contributed by atoms with E-state index in [2.05, 4.69) is 5.32 Å². The van der Waals surface area contributed by atoms with E-state index in [0.29, 0.717) is 37.7 Å². The molecule has 1 atom stereocenters. The average molecular weight is 408 g/mol. The van der Waals surface area contributed by atoms with Crippen LogP contribution in [0.1, 0.15) is 32.8 Å². The highest BCUT2D eigenvalue weighted by atomic mass is 16.5. The fourth-order valence-corrected chi connectivity index (χ4v) is 3.28. The van der Waals surface area contributed by atoms with Crippen molar-refractivity contribution in [1.82, 2.24) is 5.32 Å². The minimum absolute atomic E-state index is 0.141. The molecule has 0 unspecified atom stereocenters. The fraction of sp³-hybridized carbons (Fsp3) is 0.320. The minimum atomic E-state index is -0.565. The Labute approximate surface area is 178 Å². The van der Waals surface area contributed by atoms with Crippen LogP contribution in [0.25, 0.3) is 10.8 Å². The second-order valence-electron chi connectivity index (χ2n) is 6.86. The molecule has 0 spiro atoms. The number of amides is 1. The monoisotopic (exact) mass is 407 g/mol. The van der Waals surface area contributed by atoms with Crippen LogP contribution in [-0.4, -0.2) is 25.2 Å². The summed E-state index contributed by atoms with van der Waals surface area (Å²) in [7, 11) is 0. The lowest BCUT2D eigenvalue weighted by Crippen LogP contribution is -2.37. The summed E-state index contributed by atoms with van der Waals surface area (Å²) in [5.74, 6) is 1.97. The van der Waals surface area contributed by atoms with Crippen molar-refractivity contribution in [2.45, 2.75) is 39.8 Å². The molecule has 0 aliphatic carbocycles. The molecule has 3 aromatic rings. The van der Waals surface area contributed by atoms with Gasteiger partial charge in [0.05, 0.1) is 13.2 Å². The van der Waals surface area contributed by atoms with Gasteiger partial charge in [-0.25, -0.2) is 0 Å². The number of rotatable bonds is 10. The zero-order valence-electron chi connectivity index (χ0n) is 17.8. The van der Waals surface area contributed by atoms with E-state index in [-0.39, 0.29) is 5.91 Å². The van der Waals surface area contributed by atoms with Gasteiger partial charge >= 0.3 is 0 Å². The molecule has 0 aromatic heterocycles. The van der Waals surface area contributed by atoms with E-state index in [0.717, 1.165) is 22.1 Å². The number of carbonyl (C=O) groups is 1. The number of nitrogens with one attached hydrogen (secondary N) is 1. The maximum atomic E-state index is 12.8. The Morgan fingerprint density at radius 2 is 1.60 bits per heavy atom. The molecule has 0 saturated carbocycles. The molecule has 5 heteroatoms. The lowest BCUT2D eigenvalue weighted by molar-refractivity contribution is -0.128. The zero-order chi connectivity index (χ0) is 21.3. The molecule has 0 radical (unpaired) electrons. The van der Waals surface area contributed by atoms with E-state index < -0.39 is 6.10 Å². The maximum Gasteiger partial charge on any atom is 0.261 e. The Balaban J connectivity index is 1.67. The van der Waals surface area contributed by atoms with Crippen molar-refractivity contribution >= 4 is 16.7 Å². The van der Waals surface area contributed by atoms with Crippen molar-refractivity contribution in [3.05, 3.63) is 66.2 Å². The standard InChI is InChI=1S/C25H29NO4/c1-4-21(30-22-13-9-11-19-10-7-8-12-20(19)22)25(27)26-17-18-14-15-23(28-5-2)24(16-18)29-6-3/h7-16,21H,4-6,17H2,1-3H3,(H,26,27)/t21-/m0/s1. The van der Waals surface area contributed by atoms with Crippen LogP contribution < -0.4 is 19.5 Å². The molecule has 0 aliphatic heterocycles. The van der Waals surface area contributed by atoms with Gasteiger partial charge < -0.3 is 19.5 Å². The van der Waals surface area contributed by atoms with Crippen molar-refractivity contribution in [2.24, 2.45) is 0 Å². The van der Waals surface area contributed by atoms with E-state index >= 15 is 0 Å². The van der Waals surface area contributed by atoms with Gasteiger partial charge in [-0.3, -0.25) is 4.79 Å². The van der Waals surface area contributed by atoms with Crippen molar-refractivity contribution in [1.29, 1.82) is 0 Å². The van der Waals surface area contributed by atoms with Crippen LogP contribution in [0.15, 0.2) is 60.7 Å². The number of hydrogen-bond acceptors (Lipinski definition) is 4. The summed E-state index contributed by atoms with van der Waals surface area (Å²) in [6.45, 7) is 7.32. The highest BCUT2D eigenvalue weighted by Gasteiger charge is 2.19. The van der Waals surface area contributed by atoms with Crippen molar-refractivity contribution < 1.29 is 19.0 Å². The van der Waals surface area contributed by atoms with Gasteiger partial charge in [0.2, 0.25) is 0 Å². The van der Waals surface area contributed by atoms with Crippen LogP contribution in [0.5, 0.6) is 17.2 Å². The smallest absolute Gasteiger partial charge is 0.261 e. The topological polar surface area (TPSA) is 56.8 Å². The predicted molar refractivity (Wildman–Crippen MR) is 119 cm³/mol. The molecule has 3 rings (SSSR count). The predicted octanol–water partition coefficient (Wildman–Crippen LogP) is 5.11. The first-order valence-corrected chi connectivity index (χ1v) is 10.5. The van der Waals surface area contributed by atoms with Crippen LogP contribution in [-0.2, 0) is 11.3 Å². The lowest BCUT2D eigenvalue weighted by atomic mass is 10.1. The Bertz CT molecular complexity index is 981. The molecule has 0 saturated heterocycles. The Hall–Kier alpha value is -3.21. The van der Waals surface area contributed by atoms with E-state index in [1.165, 1.54) is 0 Å². The molecule has 30 heavy (non-hydrogen) atoms. The van der Waals surface area contributed by atoms with Crippen LogP contribution in [0.2, 0.25) is 0 Å². The quantitative estimate of drug-likeness (QED) is 0.507. The number of carbonyl (C=O) groups excluding carboxylic acids is 1. The van der Waals surface area contributed by atoms with Crippen molar-refractivity contribution in [2.75, 3.05) is 13.2 Å². The lowest BCUT2D eigenvalue weighted by Gasteiger charge is -2.19. The summed E-state index contributed by atoms with van der Waals surface area (Å²) in [5, 5.41) is 5.06. The molecule has 3 aromatic carbocycles. The normalized spacial score (nSPS) is 11.7. The SMILES string of the molecule is CCOc1ccc(CNC(=O)[C@H](CC)Oc2cccc3ccccc23)cc1OCC. The van der Waals surface area contributed by atoms with Crippen molar-refractivity contribution in [3.63, 3.8) is 0 Å². The number of ether oxygens (including phenoxy) is 3. The molecular weight excluding hydrogens is 378 g/mol. The number of benzene rings is 3. The van der Waals surface area contributed by atoms with Gasteiger partial charge in [0.15, 0.2) is 17.6 Å². The summed E-state index contributed by atoms with van der Waals surface area (Å²) < 4.78 is 17.3. The molecule has 0 bridgehead atoms. The first-order chi connectivity index (χ1) is 14.7. The second-order valence-corrected chi connectivity index (χ2v) is 6.86. The van der Waals surface area contributed by atoms with Gasteiger partial charge in [-0.05, 0) is 49.4 Å². The Kier molecular flexibility index (Phi) is 7.55. The van der Waals surface area contributed by atoms with E-state index in [4.69, 9.17) is 14.2 Å². The van der Waals surface area contributed by atoms with E-state index in [1.807, 2.05) is 81.4 Å². The zero-order valence-corrected chi connectivity index (χ0v) is 17.8. The summed E-state index contributed by atoms with van der Waals surface area (Å²) >= 11 is 0. The van der Waals surface area contributed by atoms with Crippen LogP contribution >= 0.6 is 0 Å². The Morgan fingerprint density at radius 1 is 0.867 bits per heavy atom.